The number of hydrogen-bond donors (Lipinski definition) is 2. The van der Waals surface area contributed by atoms with Gasteiger partial charge in [-0.15, -0.1) is 0 Å². The minimum atomic E-state index is -0.187. The van der Waals surface area contributed by atoms with E-state index in [0.717, 1.165) is 18.4 Å². The van der Waals surface area contributed by atoms with Gasteiger partial charge in [-0.25, -0.2) is 4.79 Å². The zero-order valence-electron chi connectivity index (χ0n) is 14.9. The summed E-state index contributed by atoms with van der Waals surface area (Å²) in [6.45, 7) is 2.14. The number of benzene rings is 2. The van der Waals surface area contributed by atoms with Gasteiger partial charge in [-0.1, -0.05) is 36.4 Å². The quantitative estimate of drug-likeness (QED) is 0.869. The van der Waals surface area contributed by atoms with Gasteiger partial charge in [-0.05, 0) is 48.6 Å². The number of carbonyl (C=O) groups is 1. The molecule has 1 aliphatic rings. The van der Waals surface area contributed by atoms with Crippen molar-refractivity contribution in [2.45, 2.75) is 31.8 Å². The number of nitrogens with one attached hydrogen (secondary N) is 1. The molecule has 0 saturated heterocycles. The van der Waals surface area contributed by atoms with E-state index in [-0.39, 0.29) is 24.7 Å². The van der Waals surface area contributed by atoms with Crippen molar-refractivity contribution in [3.8, 4) is 6.07 Å². The predicted octanol–water partition coefficient (Wildman–Crippen LogP) is 3.31. The molecule has 2 atom stereocenters. The molecule has 2 aromatic carbocycles. The molecule has 0 aliphatic heterocycles. The lowest BCUT2D eigenvalue weighted by Gasteiger charge is -2.30. The summed E-state index contributed by atoms with van der Waals surface area (Å²) in [5.74, 6) is 0. The van der Waals surface area contributed by atoms with Crippen LogP contribution >= 0.6 is 0 Å². The lowest BCUT2D eigenvalue weighted by molar-refractivity contribution is 0.149. The maximum Gasteiger partial charge on any atom is 0.318 e. The topological polar surface area (TPSA) is 76.4 Å². The number of nitriles is 1. The molecule has 2 amide bonds. The van der Waals surface area contributed by atoms with Gasteiger partial charge in [0, 0.05) is 6.54 Å². The van der Waals surface area contributed by atoms with Gasteiger partial charge in [0.05, 0.1) is 30.3 Å². The minimum absolute atomic E-state index is 0.00786. The zero-order valence-corrected chi connectivity index (χ0v) is 14.9. The number of amides is 2. The largest absolute Gasteiger partial charge is 0.395 e. The molecular weight excluding hydrogens is 326 g/mol. The van der Waals surface area contributed by atoms with Crippen LogP contribution in [0.4, 0.5) is 4.79 Å². The molecule has 2 N–H and O–H groups in total. The van der Waals surface area contributed by atoms with Crippen LogP contribution in [-0.2, 0) is 6.42 Å². The van der Waals surface area contributed by atoms with E-state index < -0.39 is 0 Å². The number of nitrogens with zero attached hydrogens (tertiary/aromatic N) is 2. The monoisotopic (exact) mass is 349 g/mol. The second-order valence-electron chi connectivity index (χ2n) is 6.58. The average molecular weight is 349 g/mol. The van der Waals surface area contributed by atoms with Crippen LogP contribution in [0.2, 0.25) is 0 Å². The lowest BCUT2D eigenvalue weighted by atomic mass is 10.1. The summed E-state index contributed by atoms with van der Waals surface area (Å²) in [5, 5.41) is 21.4. The maximum absolute atomic E-state index is 12.9. The molecule has 1 aliphatic carbocycles. The first kappa shape index (κ1) is 18.0. The standard InChI is InChI=1S/C21H23N3O2/c1-15(17-8-6-16(14-22)7-9-17)23-21(26)24(12-13-25)20-11-10-18-4-2-3-5-19(18)20/h2-9,15,20,25H,10-13H2,1H3,(H,23,26). The Kier molecular flexibility index (Phi) is 5.55. The summed E-state index contributed by atoms with van der Waals surface area (Å²) >= 11 is 0. The summed E-state index contributed by atoms with van der Waals surface area (Å²) in [6, 6.07) is 17.1. The molecule has 0 spiro atoms. The fraction of sp³-hybridized carbons (Fsp3) is 0.333. The second-order valence-corrected chi connectivity index (χ2v) is 6.58. The van der Waals surface area contributed by atoms with Crippen molar-refractivity contribution in [3.05, 3.63) is 70.8 Å². The Bertz CT molecular complexity index is 811. The van der Waals surface area contributed by atoms with Crippen LogP contribution in [0.15, 0.2) is 48.5 Å². The summed E-state index contributed by atoms with van der Waals surface area (Å²) < 4.78 is 0. The lowest BCUT2D eigenvalue weighted by Crippen LogP contribution is -2.44. The van der Waals surface area contributed by atoms with E-state index in [2.05, 4.69) is 23.5 Å². The van der Waals surface area contributed by atoms with Crippen LogP contribution in [0, 0.1) is 11.3 Å². The number of hydrogen-bond acceptors (Lipinski definition) is 3. The number of fused-ring (bicyclic) bond motifs is 1. The molecule has 0 saturated carbocycles. The van der Waals surface area contributed by atoms with E-state index in [4.69, 9.17) is 5.26 Å². The van der Waals surface area contributed by atoms with Gasteiger partial charge in [-0.3, -0.25) is 0 Å². The summed E-state index contributed by atoms with van der Waals surface area (Å²) in [7, 11) is 0. The second kappa shape index (κ2) is 8.03. The maximum atomic E-state index is 12.9. The molecule has 134 valence electrons. The molecular formula is C21H23N3O2. The molecule has 0 aromatic heterocycles. The molecule has 5 heteroatoms. The van der Waals surface area contributed by atoms with Crippen molar-refractivity contribution in [3.63, 3.8) is 0 Å². The molecule has 2 aromatic rings. The Morgan fingerprint density at radius 1 is 1.31 bits per heavy atom. The molecule has 0 bridgehead atoms. The van der Waals surface area contributed by atoms with Crippen LogP contribution in [0.25, 0.3) is 0 Å². The highest BCUT2D eigenvalue weighted by atomic mass is 16.3. The third-order valence-corrected chi connectivity index (χ3v) is 4.96. The van der Waals surface area contributed by atoms with E-state index in [1.165, 1.54) is 11.1 Å². The van der Waals surface area contributed by atoms with Crippen molar-refractivity contribution in [2.24, 2.45) is 0 Å². The van der Waals surface area contributed by atoms with Crippen molar-refractivity contribution < 1.29 is 9.90 Å². The van der Waals surface area contributed by atoms with E-state index in [9.17, 15) is 9.90 Å². The first-order valence-electron chi connectivity index (χ1n) is 8.90. The molecule has 2 unspecified atom stereocenters. The fourth-order valence-electron chi connectivity index (χ4n) is 3.56. The minimum Gasteiger partial charge on any atom is -0.395 e. The predicted molar refractivity (Wildman–Crippen MR) is 99.4 cm³/mol. The number of carbonyl (C=O) groups excluding carboxylic acids is 1. The number of aliphatic hydroxyl groups excluding tert-OH is 1. The SMILES string of the molecule is CC(NC(=O)N(CCO)C1CCc2ccccc21)c1ccc(C#N)cc1. The molecule has 3 rings (SSSR count). The van der Waals surface area contributed by atoms with Crippen LogP contribution in [0.5, 0.6) is 0 Å². The van der Waals surface area contributed by atoms with Gasteiger partial charge in [0.15, 0.2) is 0 Å². The van der Waals surface area contributed by atoms with Gasteiger partial charge < -0.3 is 15.3 Å². The Morgan fingerprint density at radius 2 is 2.04 bits per heavy atom. The third-order valence-electron chi connectivity index (χ3n) is 4.96. The molecule has 0 radical (unpaired) electrons. The number of aryl methyl sites for hydroxylation is 1. The zero-order chi connectivity index (χ0) is 18.5. The Morgan fingerprint density at radius 3 is 2.73 bits per heavy atom. The van der Waals surface area contributed by atoms with E-state index in [1.54, 1.807) is 17.0 Å². The summed E-state index contributed by atoms with van der Waals surface area (Å²) in [6.07, 6.45) is 1.82. The van der Waals surface area contributed by atoms with E-state index in [0.29, 0.717) is 12.1 Å². The smallest absolute Gasteiger partial charge is 0.318 e. The molecule has 5 nitrogen and oxygen atoms in total. The first-order chi connectivity index (χ1) is 12.6. The Labute approximate surface area is 153 Å². The first-order valence-corrected chi connectivity index (χ1v) is 8.90. The summed E-state index contributed by atoms with van der Waals surface area (Å²) in [4.78, 5) is 14.6. The Balaban J connectivity index is 1.74. The van der Waals surface area contributed by atoms with E-state index >= 15 is 0 Å². The number of aliphatic hydroxyl groups is 1. The van der Waals surface area contributed by atoms with Crippen LogP contribution in [0.1, 0.15) is 47.7 Å². The van der Waals surface area contributed by atoms with Crippen LogP contribution < -0.4 is 5.32 Å². The van der Waals surface area contributed by atoms with Crippen molar-refractivity contribution in [2.75, 3.05) is 13.2 Å². The normalized spacial score (nSPS) is 16.4. The van der Waals surface area contributed by atoms with Crippen LogP contribution in [0.3, 0.4) is 0 Å². The highest BCUT2D eigenvalue weighted by Gasteiger charge is 2.31. The van der Waals surface area contributed by atoms with Gasteiger partial charge in [0.2, 0.25) is 0 Å². The Hall–Kier alpha value is -2.84. The van der Waals surface area contributed by atoms with Crippen molar-refractivity contribution >= 4 is 6.03 Å². The van der Waals surface area contributed by atoms with Gasteiger partial charge in [-0.2, -0.15) is 5.26 Å². The fourth-order valence-corrected chi connectivity index (χ4v) is 3.56. The number of rotatable bonds is 5. The van der Waals surface area contributed by atoms with E-state index in [1.807, 2.05) is 31.2 Å². The van der Waals surface area contributed by atoms with Crippen molar-refractivity contribution in [1.82, 2.24) is 10.2 Å². The average Bonchev–Trinajstić information content (AvgIpc) is 3.10. The van der Waals surface area contributed by atoms with Gasteiger partial charge in [0.25, 0.3) is 0 Å². The summed E-state index contributed by atoms with van der Waals surface area (Å²) in [5.41, 5.74) is 3.97. The molecule has 0 fully saturated rings. The molecule has 26 heavy (non-hydrogen) atoms. The third kappa shape index (κ3) is 3.71. The van der Waals surface area contributed by atoms with Crippen LogP contribution in [-0.4, -0.2) is 29.2 Å². The highest BCUT2D eigenvalue weighted by Crippen LogP contribution is 2.35. The molecule has 0 heterocycles. The van der Waals surface area contributed by atoms with Crippen molar-refractivity contribution in [1.29, 1.82) is 5.26 Å². The van der Waals surface area contributed by atoms with Gasteiger partial charge >= 0.3 is 6.03 Å². The number of urea groups is 1. The van der Waals surface area contributed by atoms with Gasteiger partial charge in [0.1, 0.15) is 0 Å². The highest BCUT2D eigenvalue weighted by molar-refractivity contribution is 5.75.